The van der Waals surface area contributed by atoms with Crippen LogP contribution in [-0.2, 0) is 13.0 Å². The van der Waals surface area contributed by atoms with Crippen LogP contribution in [0.15, 0.2) is 24.8 Å². The van der Waals surface area contributed by atoms with Crippen molar-refractivity contribution >= 4 is 0 Å². The number of nitrogens with one attached hydrogen (secondary N) is 2. The Kier molecular flexibility index (Phi) is 3.36. The van der Waals surface area contributed by atoms with Crippen molar-refractivity contribution in [3.63, 3.8) is 0 Å². The summed E-state index contributed by atoms with van der Waals surface area (Å²) in [5.41, 5.74) is 1.22. The summed E-state index contributed by atoms with van der Waals surface area (Å²) in [7, 11) is 1.94. The van der Waals surface area contributed by atoms with Crippen molar-refractivity contribution in [2.75, 3.05) is 7.05 Å². The van der Waals surface area contributed by atoms with E-state index in [1.807, 2.05) is 24.1 Å². The van der Waals surface area contributed by atoms with Crippen LogP contribution in [0.3, 0.4) is 0 Å². The zero-order chi connectivity index (χ0) is 11.4. The minimum Gasteiger partial charge on any atom is -0.347 e. The van der Waals surface area contributed by atoms with Crippen LogP contribution in [-0.4, -0.2) is 26.8 Å². The second-order valence-electron chi connectivity index (χ2n) is 3.72. The van der Waals surface area contributed by atoms with Crippen molar-refractivity contribution in [2.45, 2.75) is 25.9 Å². The maximum atomic E-state index is 4.27. The number of imidazole rings is 1. The third kappa shape index (κ3) is 2.30. The topological polar surface area (TPSA) is 58.5 Å². The predicted octanol–water partition coefficient (Wildman–Crippen LogP) is 1.13. The minimum absolute atomic E-state index is 0.213. The van der Waals surface area contributed by atoms with E-state index in [4.69, 9.17) is 0 Å². The summed E-state index contributed by atoms with van der Waals surface area (Å²) in [5, 5.41) is 7.51. The van der Waals surface area contributed by atoms with E-state index in [9.17, 15) is 0 Å². The monoisotopic (exact) mass is 219 g/mol. The molecule has 0 aromatic carbocycles. The maximum absolute atomic E-state index is 4.27. The lowest BCUT2D eigenvalue weighted by Crippen LogP contribution is -2.19. The normalized spacial score (nSPS) is 12.9. The van der Waals surface area contributed by atoms with Crippen molar-refractivity contribution in [1.82, 2.24) is 25.1 Å². The number of hydrogen-bond donors (Lipinski definition) is 2. The SMILES string of the molecule is CCn1cc(CC(NC)c2ncc[nH]2)cn1. The Labute approximate surface area is 94.9 Å². The lowest BCUT2D eigenvalue weighted by Gasteiger charge is -2.11. The first-order chi connectivity index (χ1) is 7.83. The Morgan fingerprint density at radius 3 is 3.00 bits per heavy atom. The molecule has 1 atom stereocenters. The molecule has 2 N–H and O–H groups in total. The lowest BCUT2D eigenvalue weighted by atomic mass is 10.1. The van der Waals surface area contributed by atoms with Gasteiger partial charge in [-0.25, -0.2) is 4.98 Å². The number of hydrogen-bond acceptors (Lipinski definition) is 3. The van der Waals surface area contributed by atoms with Gasteiger partial charge in [0.2, 0.25) is 0 Å². The van der Waals surface area contributed by atoms with Crippen molar-refractivity contribution in [1.29, 1.82) is 0 Å². The largest absolute Gasteiger partial charge is 0.347 e. The molecule has 5 heteroatoms. The molecule has 0 aliphatic carbocycles. The number of aromatic nitrogens is 4. The van der Waals surface area contributed by atoms with Gasteiger partial charge in [0.1, 0.15) is 5.82 Å². The smallest absolute Gasteiger partial charge is 0.123 e. The van der Waals surface area contributed by atoms with Crippen LogP contribution in [0.25, 0.3) is 0 Å². The fourth-order valence-corrected chi connectivity index (χ4v) is 1.72. The highest BCUT2D eigenvalue weighted by atomic mass is 15.3. The molecule has 2 aromatic heterocycles. The zero-order valence-corrected chi connectivity index (χ0v) is 9.64. The predicted molar refractivity (Wildman–Crippen MR) is 62.0 cm³/mol. The average Bonchev–Trinajstić information content (AvgIpc) is 2.96. The Morgan fingerprint density at radius 1 is 1.56 bits per heavy atom. The van der Waals surface area contributed by atoms with Crippen molar-refractivity contribution in [3.05, 3.63) is 36.2 Å². The molecule has 0 saturated carbocycles. The number of aryl methyl sites for hydroxylation is 1. The Bertz CT molecular complexity index is 417. The highest BCUT2D eigenvalue weighted by Crippen LogP contribution is 2.13. The fraction of sp³-hybridized carbons (Fsp3) is 0.455. The summed E-state index contributed by atoms with van der Waals surface area (Å²) in [5.74, 6) is 0.965. The van der Waals surface area contributed by atoms with Crippen LogP contribution in [0, 0.1) is 0 Å². The quantitative estimate of drug-likeness (QED) is 0.792. The lowest BCUT2D eigenvalue weighted by molar-refractivity contribution is 0.562. The molecule has 0 radical (unpaired) electrons. The van der Waals surface area contributed by atoms with Gasteiger partial charge in [-0.1, -0.05) is 0 Å². The zero-order valence-electron chi connectivity index (χ0n) is 9.64. The molecule has 0 fully saturated rings. The minimum atomic E-state index is 0.213. The number of aromatic amines is 1. The number of rotatable bonds is 5. The van der Waals surface area contributed by atoms with E-state index in [1.165, 1.54) is 5.56 Å². The van der Waals surface area contributed by atoms with Gasteiger partial charge in [0.05, 0.1) is 12.2 Å². The van der Waals surface area contributed by atoms with Crippen LogP contribution in [0.5, 0.6) is 0 Å². The molecule has 16 heavy (non-hydrogen) atoms. The van der Waals surface area contributed by atoms with E-state index in [-0.39, 0.29) is 6.04 Å². The second kappa shape index (κ2) is 4.94. The molecule has 2 heterocycles. The Hall–Kier alpha value is -1.62. The highest BCUT2D eigenvalue weighted by Gasteiger charge is 2.13. The average molecular weight is 219 g/mol. The summed E-state index contributed by atoms with van der Waals surface area (Å²) in [6.45, 7) is 2.99. The van der Waals surface area contributed by atoms with Gasteiger partial charge < -0.3 is 10.3 Å². The standard InChI is InChI=1S/C11H17N5/c1-3-16-8-9(7-15-16)6-10(12-2)11-13-4-5-14-11/h4-5,7-8,10,12H,3,6H2,1-2H3,(H,13,14). The maximum Gasteiger partial charge on any atom is 0.123 e. The number of H-pyrrole nitrogens is 1. The van der Waals surface area contributed by atoms with Gasteiger partial charge in [0, 0.05) is 25.1 Å². The van der Waals surface area contributed by atoms with Gasteiger partial charge in [0.15, 0.2) is 0 Å². The molecular formula is C11H17N5. The van der Waals surface area contributed by atoms with Gasteiger partial charge in [-0.15, -0.1) is 0 Å². The van der Waals surface area contributed by atoms with E-state index >= 15 is 0 Å². The number of nitrogens with zero attached hydrogens (tertiary/aromatic N) is 3. The van der Waals surface area contributed by atoms with E-state index in [2.05, 4.69) is 33.5 Å². The van der Waals surface area contributed by atoms with Gasteiger partial charge in [-0.3, -0.25) is 4.68 Å². The van der Waals surface area contributed by atoms with E-state index in [0.717, 1.165) is 18.8 Å². The third-order valence-electron chi connectivity index (χ3n) is 2.65. The van der Waals surface area contributed by atoms with Crippen LogP contribution in [0.1, 0.15) is 24.4 Å². The van der Waals surface area contributed by atoms with E-state index in [1.54, 1.807) is 6.20 Å². The Morgan fingerprint density at radius 2 is 2.44 bits per heavy atom. The fourth-order valence-electron chi connectivity index (χ4n) is 1.72. The molecule has 0 aliphatic rings. The molecule has 5 nitrogen and oxygen atoms in total. The van der Waals surface area contributed by atoms with E-state index < -0.39 is 0 Å². The van der Waals surface area contributed by atoms with Crippen molar-refractivity contribution in [3.8, 4) is 0 Å². The van der Waals surface area contributed by atoms with Crippen LogP contribution in [0.2, 0.25) is 0 Å². The molecule has 86 valence electrons. The van der Waals surface area contributed by atoms with E-state index in [0.29, 0.717) is 0 Å². The molecule has 0 spiro atoms. The summed E-state index contributed by atoms with van der Waals surface area (Å²) in [6, 6.07) is 0.213. The van der Waals surface area contributed by atoms with Crippen LogP contribution in [0.4, 0.5) is 0 Å². The molecule has 0 saturated heterocycles. The summed E-state index contributed by atoms with van der Waals surface area (Å²) < 4.78 is 1.93. The number of likely N-dealkylation sites (N-methyl/N-ethyl adjacent to an activating group) is 1. The Balaban J connectivity index is 2.07. The van der Waals surface area contributed by atoms with Crippen LogP contribution >= 0.6 is 0 Å². The van der Waals surface area contributed by atoms with Gasteiger partial charge >= 0.3 is 0 Å². The van der Waals surface area contributed by atoms with Gasteiger partial charge in [-0.2, -0.15) is 5.10 Å². The van der Waals surface area contributed by atoms with Gasteiger partial charge in [0.25, 0.3) is 0 Å². The third-order valence-corrected chi connectivity index (χ3v) is 2.65. The van der Waals surface area contributed by atoms with Gasteiger partial charge in [-0.05, 0) is 26.0 Å². The molecular weight excluding hydrogens is 202 g/mol. The first kappa shape index (κ1) is 10.9. The molecule has 0 bridgehead atoms. The summed E-state index contributed by atoms with van der Waals surface area (Å²) in [4.78, 5) is 7.39. The first-order valence-electron chi connectivity index (χ1n) is 5.51. The van der Waals surface area contributed by atoms with Crippen molar-refractivity contribution < 1.29 is 0 Å². The molecule has 2 rings (SSSR count). The molecule has 0 aliphatic heterocycles. The summed E-state index contributed by atoms with van der Waals surface area (Å²) >= 11 is 0. The highest BCUT2D eigenvalue weighted by molar-refractivity contribution is 5.09. The molecule has 0 amide bonds. The van der Waals surface area contributed by atoms with Crippen LogP contribution < -0.4 is 5.32 Å². The molecule has 2 aromatic rings. The second-order valence-corrected chi connectivity index (χ2v) is 3.72. The van der Waals surface area contributed by atoms with Crippen molar-refractivity contribution in [2.24, 2.45) is 0 Å². The first-order valence-corrected chi connectivity index (χ1v) is 5.51. The molecule has 1 unspecified atom stereocenters. The summed E-state index contributed by atoms with van der Waals surface area (Å²) in [6.07, 6.45) is 8.50.